The maximum Gasteiger partial charge on any atom is 0.0359 e. The minimum Gasteiger partial charge on any atom is -0.398 e. The molecule has 2 rings (SSSR count). The van der Waals surface area contributed by atoms with Gasteiger partial charge in [0.1, 0.15) is 0 Å². The molecule has 1 aromatic rings. The largest absolute Gasteiger partial charge is 0.398 e. The maximum atomic E-state index is 5.88. The zero-order valence-electron chi connectivity index (χ0n) is 9.42. The number of rotatable bonds is 5. The summed E-state index contributed by atoms with van der Waals surface area (Å²) in [7, 11) is 0. The summed E-state index contributed by atoms with van der Waals surface area (Å²) in [4.78, 5) is 0. The Morgan fingerprint density at radius 3 is 2.67 bits per heavy atom. The van der Waals surface area contributed by atoms with Gasteiger partial charge < -0.3 is 11.1 Å². The molecule has 1 aliphatic carbocycles. The molecule has 1 saturated carbocycles. The first kappa shape index (κ1) is 10.5. The van der Waals surface area contributed by atoms with Gasteiger partial charge in [0, 0.05) is 18.8 Å². The van der Waals surface area contributed by atoms with Crippen molar-refractivity contribution in [2.24, 2.45) is 5.41 Å². The number of nitrogen functional groups attached to an aromatic ring is 1. The lowest BCUT2D eigenvalue weighted by atomic mass is 10.0. The van der Waals surface area contributed by atoms with E-state index in [1.165, 1.54) is 24.8 Å². The van der Waals surface area contributed by atoms with Crippen molar-refractivity contribution in [3.8, 4) is 0 Å². The molecule has 1 aliphatic rings. The number of hydrogen-bond donors (Lipinski definition) is 2. The summed E-state index contributed by atoms with van der Waals surface area (Å²) in [6.07, 6.45) is 4.08. The number of anilines is 1. The molecule has 2 heteroatoms. The van der Waals surface area contributed by atoms with Crippen LogP contribution in [0.5, 0.6) is 0 Å². The molecule has 0 unspecified atom stereocenters. The second-order valence-corrected chi connectivity index (χ2v) is 4.66. The molecule has 0 amide bonds. The third-order valence-electron chi connectivity index (χ3n) is 3.58. The van der Waals surface area contributed by atoms with Crippen LogP contribution >= 0.6 is 0 Å². The van der Waals surface area contributed by atoms with Crippen molar-refractivity contribution < 1.29 is 0 Å². The van der Waals surface area contributed by atoms with Gasteiger partial charge in [-0.3, -0.25) is 0 Å². The minimum atomic E-state index is 0.615. The normalized spacial score (nSPS) is 17.7. The lowest BCUT2D eigenvalue weighted by Gasteiger charge is -2.14. The molecule has 2 nitrogen and oxygen atoms in total. The van der Waals surface area contributed by atoms with Crippen LogP contribution in [-0.2, 0) is 6.54 Å². The molecule has 0 radical (unpaired) electrons. The lowest BCUT2D eigenvalue weighted by Crippen LogP contribution is -2.23. The molecule has 1 fully saturated rings. The Morgan fingerprint density at radius 2 is 2.07 bits per heavy atom. The van der Waals surface area contributed by atoms with Crippen LogP contribution in [0.2, 0.25) is 0 Å². The average molecular weight is 204 g/mol. The first-order valence-corrected chi connectivity index (χ1v) is 5.80. The number of nitrogens with two attached hydrogens (primary N) is 1. The number of nitrogens with one attached hydrogen (secondary N) is 1. The summed E-state index contributed by atoms with van der Waals surface area (Å²) in [5, 5.41) is 3.52. The number of para-hydroxylation sites is 1. The van der Waals surface area contributed by atoms with Crippen molar-refractivity contribution in [2.75, 3.05) is 12.3 Å². The summed E-state index contributed by atoms with van der Waals surface area (Å²) in [6.45, 7) is 4.32. The average Bonchev–Trinajstić information content (AvgIpc) is 3.02. The maximum absolute atomic E-state index is 5.88. The Morgan fingerprint density at radius 1 is 1.33 bits per heavy atom. The quantitative estimate of drug-likeness (QED) is 0.723. The number of benzene rings is 1. The van der Waals surface area contributed by atoms with E-state index in [1.54, 1.807) is 0 Å². The highest BCUT2D eigenvalue weighted by atomic mass is 14.9. The van der Waals surface area contributed by atoms with E-state index in [-0.39, 0.29) is 0 Å². The molecule has 0 spiro atoms. The third kappa shape index (κ3) is 2.51. The summed E-state index contributed by atoms with van der Waals surface area (Å²) in [6, 6.07) is 8.07. The van der Waals surface area contributed by atoms with Crippen molar-refractivity contribution in [3.63, 3.8) is 0 Å². The topological polar surface area (TPSA) is 38.0 Å². The van der Waals surface area contributed by atoms with Crippen LogP contribution in [0.15, 0.2) is 24.3 Å². The molecule has 3 N–H and O–H groups in total. The fourth-order valence-corrected chi connectivity index (χ4v) is 1.99. The summed E-state index contributed by atoms with van der Waals surface area (Å²) in [5.74, 6) is 0. The molecule has 82 valence electrons. The first-order chi connectivity index (χ1) is 7.26. The van der Waals surface area contributed by atoms with Crippen LogP contribution < -0.4 is 11.1 Å². The van der Waals surface area contributed by atoms with Crippen LogP contribution in [0, 0.1) is 5.41 Å². The van der Waals surface area contributed by atoms with E-state index in [1.807, 2.05) is 18.2 Å². The Bertz CT molecular complexity index is 329. The fraction of sp³-hybridized carbons (Fsp3) is 0.538. The SMILES string of the molecule is CCC1(CNCc2ccccc2N)CC1. The van der Waals surface area contributed by atoms with Gasteiger partial charge in [-0.15, -0.1) is 0 Å². The summed E-state index contributed by atoms with van der Waals surface area (Å²) in [5.41, 5.74) is 8.60. The Hall–Kier alpha value is -1.02. The van der Waals surface area contributed by atoms with Crippen LogP contribution in [0.4, 0.5) is 5.69 Å². The van der Waals surface area contributed by atoms with Gasteiger partial charge in [0.05, 0.1) is 0 Å². The zero-order chi connectivity index (χ0) is 10.7. The van der Waals surface area contributed by atoms with Crippen LogP contribution in [0.25, 0.3) is 0 Å². The standard InChI is InChI=1S/C13H20N2/c1-2-13(7-8-13)10-15-9-11-5-3-4-6-12(11)14/h3-6,15H,2,7-10,14H2,1H3. The van der Waals surface area contributed by atoms with Crippen molar-refractivity contribution >= 4 is 5.69 Å². The van der Waals surface area contributed by atoms with Gasteiger partial charge in [0.2, 0.25) is 0 Å². The van der Waals surface area contributed by atoms with E-state index in [0.29, 0.717) is 5.41 Å². The summed E-state index contributed by atoms with van der Waals surface area (Å²) >= 11 is 0. The molecule has 15 heavy (non-hydrogen) atoms. The van der Waals surface area contributed by atoms with E-state index >= 15 is 0 Å². The van der Waals surface area contributed by atoms with E-state index in [4.69, 9.17) is 5.73 Å². The molecule has 0 saturated heterocycles. The fourth-order valence-electron chi connectivity index (χ4n) is 1.99. The van der Waals surface area contributed by atoms with Crippen LogP contribution in [0.3, 0.4) is 0 Å². The zero-order valence-corrected chi connectivity index (χ0v) is 9.42. The predicted molar refractivity (Wildman–Crippen MR) is 64.5 cm³/mol. The molecule has 0 bridgehead atoms. The third-order valence-corrected chi connectivity index (χ3v) is 3.58. The van der Waals surface area contributed by atoms with Gasteiger partial charge in [-0.1, -0.05) is 25.1 Å². The van der Waals surface area contributed by atoms with Crippen molar-refractivity contribution in [1.82, 2.24) is 5.32 Å². The second kappa shape index (κ2) is 4.23. The van der Waals surface area contributed by atoms with Gasteiger partial charge in [-0.25, -0.2) is 0 Å². The monoisotopic (exact) mass is 204 g/mol. The molecule has 0 heterocycles. The predicted octanol–water partition coefficient (Wildman–Crippen LogP) is 2.55. The van der Waals surface area contributed by atoms with Crippen LogP contribution in [-0.4, -0.2) is 6.54 Å². The highest BCUT2D eigenvalue weighted by molar-refractivity contribution is 5.46. The highest BCUT2D eigenvalue weighted by Gasteiger charge is 2.39. The van der Waals surface area contributed by atoms with E-state index in [2.05, 4.69) is 18.3 Å². The Kier molecular flexibility index (Phi) is 2.96. The molecular weight excluding hydrogens is 184 g/mol. The van der Waals surface area contributed by atoms with Gasteiger partial charge in [-0.05, 0) is 36.3 Å². The second-order valence-electron chi connectivity index (χ2n) is 4.66. The van der Waals surface area contributed by atoms with E-state index in [0.717, 1.165) is 18.8 Å². The molecular formula is C13H20N2. The summed E-state index contributed by atoms with van der Waals surface area (Å²) < 4.78 is 0. The molecule has 0 aliphatic heterocycles. The lowest BCUT2D eigenvalue weighted by molar-refractivity contribution is 0.444. The van der Waals surface area contributed by atoms with Gasteiger partial charge in [0.25, 0.3) is 0 Å². The Labute approximate surface area is 91.9 Å². The number of hydrogen-bond acceptors (Lipinski definition) is 2. The van der Waals surface area contributed by atoms with Crippen molar-refractivity contribution in [3.05, 3.63) is 29.8 Å². The van der Waals surface area contributed by atoms with E-state index in [9.17, 15) is 0 Å². The van der Waals surface area contributed by atoms with Crippen molar-refractivity contribution in [2.45, 2.75) is 32.7 Å². The van der Waals surface area contributed by atoms with Gasteiger partial charge >= 0.3 is 0 Å². The van der Waals surface area contributed by atoms with Gasteiger partial charge in [0.15, 0.2) is 0 Å². The van der Waals surface area contributed by atoms with Crippen LogP contribution in [0.1, 0.15) is 31.7 Å². The Balaban J connectivity index is 1.81. The highest BCUT2D eigenvalue weighted by Crippen LogP contribution is 2.47. The van der Waals surface area contributed by atoms with E-state index < -0.39 is 0 Å². The minimum absolute atomic E-state index is 0.615. The van der Waals surface area contributed by atoms with Gasteiger partial charge in [-0.2, -0.15) is 0 Å². The molecule has 1 aromatic carbocycles. The smallest absolute Gasteiger partial charge is 0.0359 e. The first-order valence-electron chi connectivity index (χ1n) is 5.80. The molecule has 0 aromatic heterocycles. The molecule has 0 atom stereocenters. The van der Waals surface area contributed by atoms with Crippen molar-refractivity contribution in [1.29, 1.82) is 0 Å².